The number of nitrogens with zero attached hydrogens (tertiary/aromatic N) is 1. The summed E-state index contributed by atoms with van der Waals surface area (Å²) in [5.74, 6) is 0. The van der Waals surface area contributed by atoms with Crippen molar-refractivity contribution in [1.29, 1.82) is 0 Å². The second-order valence-corrected chi connectivity index (χ2v) is 6.87. The van der Waals surface area contributed by atoms with Crippen LogP contribution in [0.15, 0.2) is 54.9 Å². The highest BCUT2D eigenvalue weighted by Crippen LogP contribution is 2.31. The number of fused-ring (bicyclic) bond motifs is 1. The summed E-state index contributed by atoms with van der Waals surface area (Å²) < 4.78 is 2.21. The first-order valence-electron chi connectivity index (χ1n) is 7.85. The molecule has 0 bridgehead atoms. The van der Waals surface area contributed by atoms with Crippen molar-refractivity contribution in [1.82, 2.24) is 9.72 Å². The number of hydrogen-bond donors (Lipinski definition) is 1. The van der Waals surface area contributed by atoms with Gasteiger partial charge in [0.15, 0.2) is 0 Å². The zero-order valence-corrected chi connectivity index (χ0v) is 13.9. The van der Waals surface area contributed by atoms with Gasteiger partial charge in [-0.05, 0) is 41.3 Å². The zero-order chi connectivity index (χ0) is 15.7. The van der Waals surface area contributed by atoms with Gasteiger partial charge in [-0.3, -0.25) is 0 Å². The van der Waals surface area contributed by atoms with E-state index in [0.717, 1.165) is 6.54 Å². The van der Waals surface area contributed by atoms with Gasteiger partial charge in [0.25, 0.3) is 0 Å². The maximum Gasteiger partial charge on any atom is 0.0501 e. The Morgan fingerprint density at radius 3 is 2.36 bits per heavy atom. The Bertz CT molecular complexity index is 774. The van der Waals surface area contributed by atoms with Crippen LogP contribution in [0, 0.1) is 0 Å². The van der Waals surface area contributed by atoms with Gasteiger partial charge in [0.05, 0.1) is 5.52 Å². The summed E-state index contributed by atoms with van der Waals surface area (Å²) in [7, 11) is 2.00. The first-order valence-corrected chi connectivity index (χ1v) is 7.85. The monoisotopic (exact) mass is 292 g/mol. The SMILES string of the molecule is CNCc1c(-c2ccc(C(C)(C)C)cc2)cn2ccccc12. The molecule has 2 aromatic heterocycles. The molecular formula is C20H24N2. The molecule has 0 aliphatic carbocycles. The predicted octanol–water partition coefficient (Wildman–Crippen LogP) is 4.62. The van der Waals surface area contributed by atoms with Crippen LogP contribution in [0.2, 0.25) is 0 Å². The largest absolute Gasteiger partial charge is 0.323 e. The zero-order valence-electron chi connectivity index (χ0n) is 13.9. The lowest BCUT2D eigenvalue weighted by Gasteiger charge is -2.19. The number of nitrogens with one attached hydrogen (secondary N) is 1. The van der Waals surface area contributed by atoms with Crippen molar-refractivity contribution in [3.8, 4) is 11.1 Å². The fourth-order valence-corrected chi connectivity index (χ4v) is 2.94. The number of rotatable bonds is 3. The molecule has 3 rings (SSSR count). The van der Waals surface area contributed by atoms with E-state index in [9.17, 15) is 0 Å². The molecule has 1 N–H and O–H groups in total. The third-order valence-corrected chi connectivity index (χ3v) is 4.21. The third kappa shape index (κ3) is 2.67. The van der Waals surface area contributed by atoms with Crippen molar-refractivity contribution in [2.45, 2.75) is 32.7 Å². The predicted molar refractivity (Wildman–Crippen MR) is 94.3 cm³/mol. The van der Waals surface area contributed by atoms with Crippen LogP contribution < -0.4 is 5.32 Å². The fourth-order valence-electron chi connectivity index (χ4n) is 2.94. The number of benzene rings is 1. The normalized spacial score (nSPS) is 12.0. The topological polar surface area (TPSA) is 16.4 Å². The summed E-state index contributed by atoms with van der Waals surface area (Å²) in [6, 6.07) is 15.3. The van der Waals surface area contributed by atoms with Gasteiger partial charge in [0.1, 0.15) is 0 Å². The first-order chi connectivity index (χ1) is 10.5. The molecular weight excluding hydrogens is 268 g/mol. The van der Waals surface area contributed by atoms with Crippen LogP contribution in [0.3, 0.4) is 0 Å². The Balaban J connectivity index is 2.11. The summed E-state index contributed by atoms with van der Waals surface area (Å²) in [6.07, 6.45) is 4.34. The highest BCUT2D eigenvalue weighted by Gasteiger charge is 2.15. The van der Waals surface area contributed by atoms with E-state index in [1.54, 1.807) is 0 Å². The van der Waals surface area contributed by atoms with E-state index in [4.69, 9.17) is 0 Å². The van der Waals surface area contributed by atoms with E-state index < -0.39 is 0 Å². The Morgan fingerprint density at radius 1 is 1.00 bits per heavy atom. The van der Waals surface area contributed by atoms with Gasteiger partial charge in [-0.15, -0.1) is 0 Å². The summed E-state index contributed by atoms with van der Waals surface area (Å²) in [6.45, 7) is 7.63. The minimum atomic E-state index is 0.192. The highest BCUT2D eigenvalue weighted by molar-refractivity contribution is 5.76. The Morgan fingerprint density at radius 2 is 1.73 bits per heavy atom. The van der Waals surface area contributed by atoms with Gasteiger partial charge in [-0.1, -0.05) is 51.1 Å². The van der Waals surface area contributed by atoms with E-state index >= 15 is 0 Å². The molecule has 0 aliphatic rings. The lowest BCUT2D eigenvalue weighted by atomic mass is 9.86. The summed E-state index contributed by atoms with van der Waals surface area (Å²) >= 11 is 0. The van der Waals surface area contributed by atoms with Crippen LogP contribution in [0.1, 0.15) is 31.9 Å². The van der Waals surface area contributed by atoms with E-state index in [2.05, 4.69) is 85.3 Å². The maximum absolute atomic E-state index is 3.29. The Labute approximate surface area is 132 Å². The number of pyridine rings is 1. The van der Waals surface area contributed by atoms with Gasteiger partial charge in [0, 0.05) is 24.5 Å². The van der Waals surface area contributed by atoms with Crippen LogP contribution in [0.5, 0.6) is 0 Å². The molecule has 2 heterocycles. The van der Waals surface area contributed by atoms with Gasteiger partial charge < -0.3 is 9.72 Å². The van der Waals surface area contributed by atoms with Crippen molar-refractivity contribution in [3.05, 3.63) is 66.0 Å². The molecule has 0 amide bonds. The summed E-state index contributed by atoms with van der Waals surface area (Å²) in [4.78, 5) is 0. The van der Waals surface area contributed by atoms with Crippen LogP contribution in [-0.4, -0.2) is 11.4 Å². The summed E-state index contributed by atoms with van der Waals surface area (Å²) in [5.41, 5.74) is 6.77. The molecule has 0 unspecified atom stereocenters. The molecule has 0 saturated carbocycles. The van der Waals surface area contributed by atoms with Gasteiger partial charge in [-0.25, -0.2) is 0 Å². The fraction of sp³-hybridized carbons (Fsp3) is 0.300. The van der Waals surface area contributed by atoms with Gasteiger partial charge in [0.2, 0.25) is 0 Å². The van der Waals surface area contributed by atoms with E-state index in [-0.39, 0.29) is 5.41 Å². The second kappa shape index (κ2) is 5.62. The molecule has 0 fully saturated rings. The molecule has 22 heavy (non-hydrogen) atoms. The molecule has 114 valence electrons. The molecule has 2 nitrogen and oxygen atoms in total. The van der Waals surface area contributed by atoms with Crippen molar-refractivity contribution >= 4 is 5.52 Å². The van der Waals surface area contributed by atoms with Gasteiger partial charge in [-0.2, -0.15) is 0 Å². The molecule has 0 atom stereocenters. The molecule has 0 saturated heterocycles. The lowest BCUT2D eigenvalue weighted by Crippen LogP contribution is -2.10. The van der Waals surface area contributed by atoms with Crippen molar-refractivity contribution in [3.63, 3.8) is 0 Å². The number of hydrogen-bond acceptors (Lipinski definition) is 1. The maximum atomic E-state index is 3.29. The summed E-state index contributed by atoms with van der Waals surface area (Å²) in [5, 5.41) is 3.29. The molecule has 0 radical (unpaired) electrons. The van der Waals surface area contributed by atoms with Crippen molar-refractivity contribution in [2.75, 3.05) is 7.05 Å². The van der Waals surface area contributed by atoms with E-state index in [1.807, 2.05) is 7.05 Å². The highest BCUT2D eigenvalue weighted by atomic mass is 14.9. The van der Waals surface area contributed by atoms with E-state index in [0.29, 0.717) is 0 Å². The molecule has 2 heteroatoms. The molecule has 3 aromatic rings. The van der Waals surface area contributed by atoms with E-state index in [1.165, 1.54) is 27.8 Å². The molecule has 1 aromatic carbocycles. The minimum Gasteiger partial charge on any atom is -0.323 e. The van der Waals surface area contributed by atoms with Crippen molar-refractivity contribution in [2.24, 2.45) is 0 Å². The quantitative estimate of drug-likeness (QED) is 0.745. The average molecular weight is 292 g/mol. The third-order valence-electron chi connectivity index (χ3n) is 4.21. The molecule has 0 spiro atoms. The average Bonchev–Trinajstić information content (AvgIpc) is 2.86. The number of aromatic nitrogens is 1. The standard InChI is InChI=1S/C20H24N2/c1-20(2,3)16-10-8-15(9-11-16)18-14-22-12-6-5-7-19(22)17(18)13-21-4/h5-12,14,21H,13H2,1-4H3. The first kappa shape index (κ1) is 14.9. The van der Waals surface area contributed by atoms with Crippen LogP contribution in [0.25, 0.3) is 16.6 Å². The second-order valence-electron chi connectivity index (χ2n) is 6.87. The minimum absolute atomic E-state index is 0.192. The van der Waals surface area contributed by atoms with Crippen molar-refractivity contribution < 1.29 is 0 Å². The van der Waals surface area contributed by atoms with Crippen LogP contribution in [-0.2, 0) is 12.0 Å². The smallest absolute Gasteiger partial charge is 0.0501 e. The molecule has 0 aliphatic heterocycles. The van der Waals surface area contributed by atoms with Crippen LogP contribution >= 0.6 is 0 Å². The van der Waals surface area contributed by atoms with Crippen LogP contribution in [0.4, 0.5) is 0 Å². The lowest BCUT2D eigenvalue weighted by molar-refractivity contribution is 0.590. The Hall–Kier alpha value is -2.06. The Kier molecular flexibility index (Phi) is 3.79. The van der Waals surface area contributed by atoms with Gasteiger partial charge >= 0.3 is 0 Å².